The number of aliphatic hydroxyl groups excluding tert-OH is 1. The van der Waals surface area contributed by atoms with Gasteiger partial charge in [0.2, 0.25) is 0 Å². The molecule has 0 saturated carbocycles. The number of hydrogen-bond donors (Lipinski definition) is 1. The zero-order valence-electron chi connectivity index (χ0n) is 17.4. The number of nitrogens with zero attached hydrogens (tertiary/aromatic N) is 2. The standard InChI is InChI=1S/C24H22N2O5S/c1-2-30-24(29)16-9-11-18(12-10-16)31-15-17(27)14-26-23(28)20-7-4-3-6-19(20)22(25-26)21-8-5-13-32-21/h3-13,17,27H,2,14-15H2,1H3. The fraction of sp³-hybridized carbons (Fsp3) is 0.208. The highest BCUT2D eigenvalue weighted by atomic mass is 32.1. The van der Waals surface area contributed by atoms with Gasteiger partial charge in [-0.25, -0.2) is 9.48 Å². The third kappa shape index (κ3) is 4.71. The Hall–Kier alpha value is -3.49. The molecule has 1 unspecified atom stereocenters. The van der Waals surface area contributed by atoms with E-state index in [9.17, 15) is 14.7 Å². The molecule has 32 heavy (non-hydrogen) atoms. The summed E-state index contributed by atoms with van der Waals surface area (Å²) in [7, 11) is 0. The lowest BCUT2D eigenvalue weighted by atomic mass is 10.1. The quantitative estimate of drug-likeness (QED) is 0.411. The third-order valence-corrected chi connectivity index (χ3v) is 5.69. The van der Waals surface area contributed by atoms with E-state index in [0.29, 0.717) is 29.0 Å². The second-order valence-corrected chi connectivity index (χ2v) is 8.02. The van der Waals surface area contributed by atoms with Gasteiger partial charge in [-0.1, -0.05) is 24.3 Å². The summed E-state index contributed by atoms with van der Waals surface area (Å²) in [6.45, 7) is 2.01. The lowest BCUT2D eigenvalue weighted by molar-refractivity contribution is 0.0526. The van der Waals surface area contributed by atoms with Crippen molar-refractivity contribution in [3.8, 4) is 16.3 Å². The molecule has 4 rings (SSSR count). The van der Waals surface area contributed by atoms with E-state index < -0.39 is 12.1 Å². The minimum atomic E-state index is -0.956. The molecule has 0 saturated heterocycles. The van der Waals surface area contributed by atoms with Crippen LogP contribution in [0.1, 0.15) is 17.3 Å². The summed E-state index contributed by atoms with van der Waals surface area (Å²) in [6, 6.07) is 17.7. The molecule has 4 aromatic rings. The number of hydrogen-bond acceptors (Lipinski definition) is 7. The van der Waals surface area contributed by atoms with Crippen molar-refractivity contribution < 1.29 is 19.4 Å². The van der Waals surface area contributed by atoms with Crippen LogP contribution in [-0.4, -0.2) is 40.2 Å². The van der Waals surface area contributed by atoms with Crippen molar-refractivity contribution in [1.29, 1.82) is 0 Å². The first-order chi connectivity index (χ1) is 15.6. The SMILES string of the molecule is CCOC(=O)c1ccc(OCC(O)Cn2nc(-c3cccs3)c3ccccc3c2=O)cc1. The van der Waals surface area contributed by atoms with Crippen LogP contribution in [0.25, 0.3) is 21.3 Å². The largest absolute Gasteiger partial charge is 0.491 e. The van der Waals surface area contributed by atoms with E-state index in [4.69, 9.17) is 9.47 Å². The molecule has 0 radical (unpaired) electrons. The molecule has 0 aliphatic carbocycles. The maximum absolute atomic E-state index is 12.9. The number of aliphatic hydroxyl groups is 1. The number of carbonyl (C=O) groups excluding carboxylic acids is 1. The molecule has 0 aliphatic heterocycles. The van der Waals surface area contributed by atoms with E-state index in [1.165, 1.54) is 16.0 Å². The maximum atomic E-state index is 12.9. The fourth-order valence-corrected chi connectivity index (χ4v) is 4.02. The topological polar surface area (TPSA) is 90.7 Å². The Balaban J connectivity index is 1.49. The van der Waals surface area contributed by atoms with Crippen LogP contribution in [0.15, 0.2) is 70.8 Å². The third-order valence-electron chi connectivity index (χ3n) is 4.81. The van der Waals surface area contributed by atoms with Crippen molar-refractivity contribution >= 4 is 28.1 Å². The summed E-state index contributed by atoms with van der Waals surface area (Å²) >= 11 is 1.54. The second-order valence-electron chi connectivity index (χ2n) is 7.07. The Morgan fingerprint density at radius 2 is 1.84 bits per heavy atom. The van der Waals surface area contributed by atoms with Crippen LogP contribution in [0, 0.1) is 0 Å². The molecule has 0 aliphatic rings. The molecule has 2 aromatic heterocycles. The Morgan fingerprint density at radius 3 is 2.53 bits per heavy atom. The number of ether oxygens (including phenoxy) is 2. The van der Waals surface area contributed by atoms with Gasteiger partial charge in [0.15, 0.2) is 0 Å². The second kappa shape index (κ2) is 9.76. The first-order valence-electron chi connectivity index (χ1n) is 10.2. The molecule has 1 atom stereocenters. The lowest BCUT2D eigenvalue weighted by Crippen LogP contribution is -2.32. The van der Waals surface area contributed by atoms with E-state index in [1.807, 2.05) is 35.7 Å². The van der Waals surface area contributed by atoms with Crippen LogP contribution in [0.4, 0.5) is 0 Å². The number of rotatable bonds is 8. The first-order valence-corrected chi connectivity index (χ1v) is 11.1. The molecule has 2 aromatic carbocycles. The monoisotopic (exact) mass is 450 g/mol. The molecule has 0 fully saturated rings. The average Bonchev–Trinajstić information content (AvgIpc) is 3.35. The number of carbonyl (C=O) groups is 1. The van der Waals surface area contributed by atoms with Crippen molar-refractivity contribution in [2.45, 2.75) is 19.6 Å². The molecule has 7 nitrogen and oxygen atoms in total. The predicted octanol–water partition coefficient (Wildman–Crippen LogP) is 3.74. The zero-order valence-corrected chi connectivity index (χ0v) is 18.2. The van der Waals surface area contributed by atoms with Crippen molar-refractivity contribution in [2.75, 3.05) is 13.2 Å². The Bertz CT molecular complexity index is 1270. The van der Waals surface area contributed by atoms with Crippen LogP contribution in [0.2, 0.25) is 0 Å². The molecular formula is C24H22N2O5S. The molecule has 164 valence electrons. The van der Waals surface area contributed by atoms with Gasteiger partial charge >= 0.3 is 5.97 Å². The van der Waals surface area contributed by atoms with Crippen molar-refractivity contribution in [3.05, 3.63) is 82.0 Å². The van der Waals surface area contributed by atoms with Gasteiger partial charge in [-0.05, 0) is 48.7 Å². The van der Waals surface area contributed by atoms with Gasteiger partial charge in [-0.2, -0.15) is 5.10 Å². The maximum Gasteiger partial charge on any atom is 0.338 e. The highest BCUT2D eigenvalue weighted by molar-refractivity contribution is 7.13. The van der Waals surface area contributed by atoms with Crippen molar-refractivity contribution in [2.24, 2.45) is 0 Å². The minimum absolute atomic E-state index is 0.0110. The van der Waals surface area contributed by atoms with Crippen molar-refractivity contribution in [1.82, 2.24) is 9.78 Å². The van der Waals surface area contributed by atoms with E-state index in [-0.39, 0.29) is 18.7 Å². The Morgan fingerprint density at radius 1 is 1.09 bits per heavy atom. The number of thiophene rings is 1. The molecule has 0 spiro atoms. The van der Waals surface area contributed by atoms with Crippen LogP contribution >= 0.6 is 11.3 Å². The van der Waals surface area contributed by atoms with E-state index >= 15 is 0 Å². The fourth-order valence-electron chi connectivity index (χ4n) is 3.30. The van der Waals surface area contributed by atoms with E-state index in [1.54, 1.807) is 37.3 Å². The van der Waals surface area contributed by atoms with Gasteiger partial charge < -0.3 is 14.6 Å². The van der Waals surface area contributed by atoms with Gasteiger partial charge in [0, 0.05) is 5.39 Å². The minimum Gasteiger partial charge on any atom is -0.491 e. The first kappa shape index (κ1) is 21.7. The Labute approximate surface area is 188 Å². The smallest absolute Gasteiger partial charge is 0.338 e. The van der Waals surface area contributed by atoms with Crippen LogP contribution in [0.5, 0.6) is 5.75 Å². The van der Waals surface area contributed by atoms with E-state index in [2.05, 4.69) is 5.10 Å². The highest BCUT2D eigenvalue weighted by Gasteiger charge is 2.16. The van der Waals surface area contributed by atoms with Crippen LogP contribution < -0.4 is 10.3 Å². The summed E-state index contributed by atoms with van der Waals surface area (Å²) in [5.74, 6) is 0.0950. The van der Waals surface area contributed by atoms with E-state index in [0.717, 1.165) is 10.3 Å². The molecule has 1 N–H and O–H groups in total. The van der Waals surface area contributed by atoms with Gasteiger partial charge in [-0.15, -0.1) is 11.3 Å². The number of fused-ring (bicyclic) bond motifs is 1. The van der Waals surface area contributed by atoms with Gasteiger partial charge in [0.05, 0.1) is 29.0 Å². The van der Waals surface area contributed by atoms with Gasteiger partial charge in [0.25, 0.3) is 5.56 Å². The number of benzene rings is 2. The molecule has 8 heteroatoms. The van der Waals surface area contributed by atoms with Crippen molar-refractivity contribution in [3.63, 3.8) is 0 Å². The molecule has 0 amide bonds. The average molecular weight is 451 g/mol. The van der Waals surface area contributed by atoms with Crippen LogP contribution in [-0.2, 0) is 11.3 Å². The van der Waals surface area contributed by atoms with Crippen LogP contribution in [0.3, 0.4) is 0 Å². The highest BCUT2D eigenvalue weighted by Crippen LogP contribution is 2.28. The molecule has 0 bridgehead atoms. The van der Waals surface area contributed by atoms with Gasteiger partial charge in [-0.3, -0.25) is 4.79 Å². The summed E-state index contributed by atoms with van der Waals surface area (Å²) in [5.41, 5.74) is 0.865. The summed E-state index contributed by atoms with van der Waals surface area (Å²) in [6.07, 6.45) is -0.956. The Kier molecular flexibility index (Phi) is 6.63. The number of esters is 1. The summed E-state index contributed by atoms with van der Waals surface area (Å²) in [4.78, 5) is 25.6. The summed E-state index contributed by atoms with van der Waals surface area (Å²) in [5, 5.41) is 18.3. The van der Waals surface area contributed by atoms with Gasteiger partial charge in [0.1, 0.15) is 24.2 Å². The zero-order chi connectivity index (χ0) is 22.5. The number of aromatic nitrogens is 2. The lowest BCUT2D eigenvalue weighted by Gasteiger charge is -2.15. The molecular weight excluding hydrogens is 428 g/mol. The predicted molar refractivity (Wildman–Crippen MR) is 123 cm³/mol. The normalized spacial score (nSPS) is 11.9. The molecule has 2 heterocycles. The summed E-state index contributed by atoms with van der Waals surface area (Å²) < 4.78 is 11.9.